The molecule has 2 amide bonds. The summed E-state index contributed by atoms with van der Waals surface area (Å²) in [6.45, 7) is 1.94. The molecule has 4 nitrogen and oxygen atoms in total. The van der Waals surface area contributed by atoms with E-state index in [9.17, 15) is 9.90 Å². The van der Waals surface area contributed by atoms with E-state index in [1.807, 2.05) is 46.7 Å². The number of aliphatic hydroxyl groups is 1. The first-order valence-electron chi connectivity index (χ1n) is 8.63. The van der Waals surface area contributed by atoms with Gasteiger partial charge in [-0.05, 0) is 48.3 Å². The predicted molar refractivity (Wildman–Crippen MR) is 102 cm³/mol. The van der Waals surface area contributed by atoms with Crippen LogP contribution in [0.2, 0.25) is 5.02 Å². The van der Waals surface area contributed by atoms with Crippen molar-refractivity contribution in [3.05, 3.63) is 57.2 Å². The van der Waals surface area contributed by atoms with Crippen LogP contribution in [0.3, 0.4) is 0 Å². The summed E-state index contributed by atoms with van der Waals surface area (Å²) in [6, 6.07) is 11.6. The third kappa shape index (κ3) is 4.75. The quantitative estimate of drug-likeness (QED) is 0.822. The van der Waals surface area contributed by atoms with Crippen LogP contribution in [0.15, 0.2) is 41.8 Å². The Hall–Kier alpha value is -1.56. The van der Waals surface area contributed by atoms with Crippen LogP contribution < -0.4 is 5.32 Å². The maximum absolute atomic E-state index is 12.3. The Morgan fingerprint density at radius 3 is 2.72 bits per heavy atom. The van der Waals surface area contributed by atoms with E-state index >= 15 is 0 Å². The minimum Gasteiger partial charge on any atom is -0.387 e. The molecule has 1 aliphatic heterocycles. The number of aliphatic hydroxyl groups excluding tert-OH is 1. The number of hydrogen-bond donors (Lipinski definition) is 2. The Morgan fingerprint density at radius 1 is 1.28 bits per heavy atom. The van der Waals surface area contributed by atoms with Crippen LogP contribution in [0.4, 0.5) is 4.79 Å². The topological polar surface area (TPSA) is 52.6 Å². The van der Waals surface area contributed by atoms with Gasteiger partial charge in [0.2, 0.25) is 0 Å². The van der Waals surface area contributed by atoms with Crippen molar-refractivity contribution in [2.45, 2.75) is 25.4 Å². The number of halogens is 1. The Labute approximate surface area is 157 Å². The third-order valence-electron chi connectivity index (χ3n) is 4.74. The van der Waals surface area contributed by atoms with Crippen molar-refractivity contribution in [3.63, 3.8) is 0 Å². The molecule has 2 N–H and O–H groups in total. The number of nitrogens with one attached hydrogen (secondary N) is 1. The normalized spacial score (nSPS) is 16.6. The molecule has 1 atom stereocenters. The van der Waals surface area contributed by atoms with Gasteiger partial charge in [0.25, 0.3) is 0 Å². The highest BCUT2D eigenvalue weighted by Crippen LogP contribution is 2.32. The molecule has 1 aromatic carbocycles. The van der Waals surface area contributed by atoms with E-state index < -0.39 is 6.10 Å². The number of hydrogen-bond acceptors (Lipinski definition) is 3. The summed E-state index contributed by atoms with van der Waals surface area (Å²) < 4.78 is 0. The lowest BCUT2D eigenvalue weighted by Gasteiger charge is -2.34. The van der Waals surface area contributed by atoms with E-state index in [1.165, 1.54) is 0 Å². The summed E-state index contributed by atoms with van der Waals surface area (Å²) >= 11 is 7.72. The maximum atomic E-state index is 12.3. The van der Waals surface area contributed by atoms with Crippen molar-refractivity contribution < 1.29 is 9.90 Å². The molecule has 0 aliphatic carbocycles. The van der Waals surface area contributed by atoms with Gasteiger partial charge in [0.1, 0.15) is 0 Å². The number of carbonyl (C=O) groups is 1. The molecular weight excluding hydrogens is 356 g/mol. The number of benzene rings is 1. The van der Waals surface area contributed by atoms with Crippen molar-refractivity contribution in [1.29, 1.82) is 0 Å². The van der Waals surface area contributed by atoms with Gasteiger partial charge in [0.15, 0.2) is 0 Å². The molecule has 3 rings (SSSR count). The fraction of sp³-hybridized carbons (Fsp3) is 0.421. The van der Waals surface area contributed by atoms with Crippen LogP contribution in [0.1, 0.15) is 29.4 Å². The van der Waals surface area contributed by atoms with Gasteiger partial charge >= 0.3 is 6.03 Å². The van der Waals surface area contributed by atoms with Gasteiger partial charge in [-0.25, -0.2) is 4.79 Å². The number of rotatable bonds is 5. The first-order chi connectivity index (χ1) is 12.1. The largest absolute Gasteiger partial charge is 0.387 e. The van der Waals surface area contributed by atoms with Crippen molar-refractivity contribution in [2.75, 3.05) is 19.6 Å². The summed E-state index contributed by atoms with van der Waals surface area (Å²) in [5.74, 6) is 0.228. The van der Waals surface area contributed by atoms with E-state index in [1.54, 1.807) is 11.3 Å². The second kappa shape index (κ2) is 8.70. The molecule has 1 fully saturated rings. The van der Waals surface area contributed by atoms with Gasteiger partial charge in [-0.3, -0.25) is 0 Å². The molecule has 134 valence electrons. The molecule has 2 aromatic rings. The number of piperidine rings is 1. The lowest BCUT2D eigenvalue weighted by molar-refractivity contribution is 0.0690. The number of urea groups is 1. The average molecular weight is 379 g/mol. The van der Waals surface area contributed by atoms with Crippen LogP contribution in [0, 0.1) is 5.92 Å². The fourth-order valence-electron chi connectivity index (χ4n) is 3.23. The molecule has 0 spiro atoms. The smallest absolute Gasteiger partial charge is 0.317 e. The van der Waals surface area contributed by atoms with E-state index in [-0.39, 0.29) is 11.9 Å². The zero-order valence-corrected chi connectivity index (χ0v) is 15.6. The van der Waals surface area contributed by atoms with Crippen LogP contribution >= 0.6 is 22.9 Å². The Bertz CT molecular complexity index is 684. The van der Waals surface area contributed by atoms with Crippen LogP contribution in [0.5, 0.6) is 0 Å². The minimum atomic E-state index is -0.412. The molecule has 0 radical (unpaired) electrons. The SMILES string of the molecule is O=C(NCCc1ccccc1Cl)N1CCC(C(O)c2cccs2)CC1. The second-order valence-corrected chi connectivity index (χ2v) is 7.74. The van der Waals surface area contributed by atoms with Gasteiger partial charge in [0, 0.05) is 29.5 Å². The molecule has 6 heteroatoms. The van der Waals surface area contributed by atoms with Crippen LogP contribution in [-0.4, -0.2) is 35.7 Å². The van der Waals surface area contributed by atoms with Crippen molar-refractivity contribution in [3.8, 4) is 0 Å². The number of amides is 2. The van der Waals surface area contributed by atoms with Gasteiger partial charge in [-0.2, -0.15) is 0 Å². The maximum Gasteiger partial charge on any atom is 0.317 e. The van der Waals surface area contributed by atoms with Crippen molar-refractivity contribution in [1.82, 2.24) is 10.2 Å². The van der Waals surface area contributed by atoms with Crippen molar-refractivity contribution >= 4 is 29.0 Å². The lowest BCUT2D eigenvalue weighted by Crippen LogP contribution is -2.45. The molecule has 1 saturated heterocycles. The van der Waals surface area contributed by atoms with Crippen molar-refractivity contribution in [2.24, 2.45) is 5.92 Å². The predicted octanol–water partition coefficient (Wildman–Crippen LogP) is 4.10. The minimum absolute atomic E-state index is 0.0314. The molecule has 1 aromatic heterocycles. The van der Waals surface area contributed by atoms with E-state index in [4.69, 9.17) is 11.6 Å². The van der Waals surface area contributed by atoms with Gasteiger partial charge in [-0.1, -0.05) is 35.9 Å². The lowest BCUT2D eigenvalue weighted by atomic mass is 9.90. The van der Waals surface area contributed by atoms with E-state index in [0.29, 0.717) is 19.6 Å². The third-order valence-corrected chi connectivity index (χ3v) is 6.05. The molecular formula is C19H23ClN2O2S. The standard InChI is InChI=1S/C19H23ClN2O2S/c20-16-5-2-1-4-14(16)7-10-21-19(24)22-11-8-15(9-12-22)18(23)17-6-3-13-25-17/h1-6,13,15,18,23H,7-12H2,(H,21,24). The van der Waals surface area contributed by atoms with Crippen LogP contribution in [-0.2, 0) is 6.42 Å². The first-order valence-corrected chi connectivity index (χ1v) is 9.88. The van der Waals surface area contributed by atoms with E-state index in [0.717, 1.165) is 34.7 Å². The first kappa shape index (κ1) is 18.2. The van der Waals surface area contributed by atoms with Gasteiger partial charge < -0.3 is 15.3 Å². The monoisotopic (exact) mass is 378 g/mol. The second-order valence-electron chi connectivity index (χ2n) is 6.36. The summed E-state index contributed by atoms with van der Waals surface area (Å²) in [4.78, 5) is 15.2. The summed E-state index contributed by atoms with van der Waals surface area (Å²) in [7, 11) is 0. The van der Waals surface area contributed by atoms with Gasteiger partial charge in [-0.15, -0.1) is 11.3 Å². The highest BCUT2D eigenvalue weighted by molar-refractivity contribution is 7.10. The molecule has 1 unspecified atom stereocenters. The molecule has 0 bridgehead atoms. The van der Waals surface area contributed by atoms with E-state index in [2.05, 4.69) is 5.32 Å². The number of thiophene rings is 1. The summed E-state index contributed by atoms with van der Waals surface area (Å²) in [6.07, 6.45) is 1.97. The molecule has 2 heterocycles. The van der Waals surface area contributed by atoms with Crippen LogP contribution in [0.25, 0.3) is 0 Å². The van der Waals surface area contributed by atoms with Gasteiger partial charge in [0.05, 0.1) is 6.10 Å². The zero-order valence-electron chi connectivity index (χ0n) is 14.0. The number of carbonyl (C=O) groups excluding carboxylic acids is 1. The summed E-state index contributed by atoms with van der Waals surface area (Å²) in [5.41, 5.74) is 1.04. The Morgan fingerprint density at radius 2 is 2.04 bits per heavy atom. The summed E-state index contributed by atoms with van der Waals surface area (Å²) in [5, 5.41) is 16.1. The zero-order chi connectivity index (χ0) is 17.6. The highest BCUT2D eigenvalue weighted by Gasteiger charge is 2.28. The Kier molecular flexibility index (Phi) is 6.34. The molecule has 25 heavy (non-hydrogen) atoms. The number of nitrogens with zero attached hydrogens (tertiary/aromatic N) is 1. The molecule has 1 aliphatic rings. The number of likely N-dealkylation sites (tertiary alicyclic amines) is 1. The fourth-order valence-corrected chi connectivity index (χ4v) is 4.26. The Balaban J connectivity index is 1.42. The molecule has 0 saturated carbocycles. The average Bonchev–Trinajstić information content (AvgIpc) is 3.17. The highest BCUT2D eigenvalue weighted by atomic mass is 35.5.